The van der Waals surface area contributed by atoms with Crippen molar-refractivity contribution in [2.45, 2.75) is 13.6 Å². The molecule has 5 rings (SSSR count). The number of imidazole rings is 1. The van der Waals surface area contributed by atoms with Gasteiger partial charge in [-0.25, -0.2) is 4.98 Å². The highest BCUT2D eigenvalue weighted by Gasteiger charge is 2.35. The summed E-state index contributed by atoms with van der Waals surface area (Å²) >= 11 is 0.989. The highest BCUT2D eigenvalue weighted by Crippen LogP contribution is 2.32. The summed E-state index contributed by atoms with van der Waals surface area (Å²) in [6.07, 6.45) is 1.78. The second-order valence-corrected chi connectivity index (χ2v) is 9.23. The van der Waals surface area contributed by atoms with Gasteiger partial charge >= 0.3 is 0 Å². The van der Waals surface area contributed by atoms with E-state index in [1.807, 2.05) is 60.4 Å². The molecule has 0 saturated carbocycles. The third-order valence-electron chi connectivity index (χ3n) is 5.89. The number of amides is 2. The fourth-order valence-electron chi connectivity index (χ4n) is 4.17. The van der Waals surface area contributed by atoms with Gasteiger partial charge < -0.3 is 10.0 Å². The molecule has 3 heterocycles. The lowest BCUT2D eigenvalue weighted by atomic mass is 10.1. The molecular formula is C24H25N5O3S. The van der Waals surface area contributed by atoms with Crippen LogP contribution < -0.4 is 4.90 Å². The number of imide groups is 1. The van der Waals surface area contributed by atoms with Crippen molar-refractivity contribution < 1.29 is 14.7 Å². The van der Waals surface area contributed by atoms with Crippen LogP contribution in [-0.2, 0) is 11.5 Å². The highest BCUT2D eigenvalue weighted by atomic mass is 32.2. The number of hydrogen-bond acceptors (Lipinski definition) is 7. The van der Waals surface area contributed by atoms with Crippen molar-refractivity contribution in [3.05, 3.63) is 64.6 Å². The Balaban J connectivity index is 1.30. The Morgan fingerprint density at radius 1 is 1.03 bits per heavy atom. The Kier molecular flexibility index (Phi) is 5.92. The predicted octanol–water partition coefficient (Wildman–Crippen LogP) is 3.11. The molecule has 3 aromatic rings. The minimum atomic E-state index is -0.247. The number of para-hydroxylation sites is 2. The Labute approximate surface area is 196 Å². The molecule has 2 aromatic carbocycles. The quantitative estimate of drug-likeness (QED) is 0.563. The zero-order valence-corrected chi connectivity index (χ0v) is 19.2. The largest absolute Gasteiger partial charge is 0.395 e. The van der Waals surface area contributed by atoms with Crippen LogP contribution in [0.1, 0.15) is 11.1 Å². The number of hydrogen-bond donors (Lipinski definition) is 1. The van der Waals surface area contributed by atoms with Gasteiger partial charge in [-0.05, 0) is 42.5 Å². The SMILES string of the molecule is Cc1ccc(/C=C2/SC(=O)N(CCN3CN(CCO)c4nc5ccccc5n4C3)C2=O)cc1. The highest BCUT2D eigenvalue weighted by molar-refractivity contribution is 8.18. The van der Waals surface area contributed by atoms with Crippen LogP contribution in [0.25, 0.3) is 17.1 Å². The van der Waals surface area contributed by atoms with Gasteiger partial charge in [0, 0.05) is 19.6 Å². The average molecular weight is 464 g/mol. The van der Waals surface area contributed by atoms with Gasteiger partial charge in [0.05, 0.1) is 35.9 Å². The zero-order chi connectivity index (χ0) is 22.9. The maximum atomic E-state index is 12.9. The molecule has 1 aromatic heterocycles. The van der Waals surface area contributed by atoms with E-state index in [4.69, 9.17) is 4.98 Å². The van der Waals surface area contributed by atoms with E-state index in [9.17, 15) is 14.7 Å². The lowest BCUT2D eigenvalue weighted by molar-refractivity contribution is -0.122. The van der Waals surface area contributed by atoms with E-state index in [1.54, 1.807) is 6.08 Å². The molecule has 0 atom stereocenters. The molecule has 2 amide bonds. The van der Waals surface area contributed by atoms with E-state index in [1.165, 1.54) is 4.90 Å². The molecule has 2 aliphatic rings. The Bertz CT molecular complexity index is 1240. The first-order valence-corrected chi connectivity index (χ1v) is 11.7. The maximum Gasteiger partial charge on any atom is 0.293 e. The first kappa shape index (κ1) is 21.7. The summed E-state index contributed by atoms with van der Waals surface area (Å²) in [4.78, 5) is 36.1. The Morgan fingerprint density at radius 2 is 1.82 bits per heavy atom. The van der Waals surface area contributed by atoms with Crippen LogP contribution in [0, 0.1) is 6.92 Å². The number of thioether (sulfide) groups is 1. The number of aliphatic hydroxyl groups excluding tert-OH is 1. The van der Waals surface area contributed by atoms with Crippen LogP contribution in [0.15, 0.2) is 53.4 Å². The van der Waals surface area contributed by atoms with Crippen LogP contribution in [0.5, 0.6) is 0 Å². The summed E-state index contributed by atoms with van der Waals surface area (Å²) in [5.41, 5.74) is 3.98. The fourth-order valence-corrected chi connectivity index (χ4v) is 5.04. The number of fused-ring (bicyclic) bond motifs is 3. The zero-order valence-electron chi connectivity index (χ0n) is 18.3. The van der Waals surface area contributed by atoms with Gasteiger partial charge in [0.15, 0.2) is 0 Å². The number of β-amino-alcohol motifs (C(OH)–C–C–N with tert-alkyl or cyclic N) is 1. The number of anilines is 1. The molecule has 0 bridgehead atoms. The van der Waals surface area contributed by atoms with E-state index in [0.717, 1.165) is 39.9 Å². The van der Waals surface area contributed by atoms with Gasteiger partial charge in [-0.1, -0.05) is 42.0 Å². The number of aryl methyl sites for hydroxylation is 1. The van der Waals surface area contributed by atoms with Crippen molar-refractivity contribution in [3.63, 3.8) is 0 Å². The second kappa shape index (κ2) is 9.01. The van der Waals surface area contributed by atoms with Gasteiger partial charge in [-0.15, -0.1) is 0 Å². The van der Waals surface area contributed by atoms with Crippen LogP contribution >= 0.6 is 11.8 Å². The Hall–Kier alpha value is -3.14. The molecule has 0 aliphatic carbocycles. The summed E-state index contributed by atoms with van der Waals surface area (Å²) in [7, 11) is 0. The monoisotopic (exact) mass is 463 g/mol. The normalized spacial score (nSPS) is 18.1. The number of aliphatic hydroxyl groups is 1. The van der Waals surface area contributed by atoms with Gasteiger partial charge in [0.25, 0.3) is 11.1 Å². The number of benzene rings is 2. The third kappa shape index (κ3) is 4.27. The van der Waals surface area contributed by atoms with Crippen molar-refractivity contribution in [2.24, 2.45) is 0 Å². The summed E-state index contributed by atoms with van der Waals surface area (Å²) in [5.74, 6) is 0.581. The minimum Gasteiger partial charge on any atom is -0.395 e. The van der Waals surface area contributed by atoms with Crippen LogP contribution in [0.4, 0.5) is 10.7 Å². The molecule has 8 nitrogen and oxygen atoms in total. The lowest BCUT2D eigenvalue weighted by Crippen LogP contribution is -2.48. The molecule has 0 spiro atoms. The molecule has 170 valence electrons. The first-order chi connectivity index (χ1) is 16.0. The topological polar surface area (TPSA) is 81.9 Å². The molecule has 0 radical (unpaired) electrons. The van der Waals surface area contributed by atoms with E-state index >= 15 is 0 Å². The van der Waals surface area contributed by atoms with Gasteiger partial charge in [-0.3, -0.25) is 24.0 Å². The maximum absolute atomic E-state index is 12.9. The van der Waals surface area contributed by atoms with Crippen molar-refractivity contribution in [2.75, 3.05) is 37.8 Å². The molecular weight excluding hydrogens is 438 g/mol. The second-order valence-electron chi connectivity index (χ2n) is 8.24. The van der Waals surface area contributed by atoms with E-state index in [2.05, 4.69) is 9.47 Å². The molecule has 9 heteroatoms. The summed E-state index contributed by atoms with van der Waals surface area (Å²) in [6, 6.07) is 15.8. The van der Waals surface area contributed by atoms with E-state index in [0.29, 0.717) is 37.9 Å². The van der Waals surface area contributed by atoms with Gasteiger partial charge in [0.1, 0.15) is 0 Å². The summed E-state index contributed by atoms with van der Waals surface area (Å²) < 4.78 is 2.11. The van der Waals surface area contributed by atoms with Crippen LogP contribution in [0.3, 0.4) is 0 Å². The smallest absolute Gasteiger partial charge is 0.293 e. The summed E-state index contributed by atoms with van der Waals surface area (Å²) in [6.45, 7) is 4.50. The molecule has 1 saturated heterocycles. The fraction of sp³-hybridized carbons (Fsp3) is 0.292. The van der Waals surface area contributed by atoms with E-state index in [-0.39, 0.29) is 17.8 Å². The molecule has 1 fully saturated rings. The number of carbonyl (C=O) groups is 2. The average Bonchev–Trinajstić information content (AvgIpc) is 3.31. The van der Waals surface area contributed by atoms with Gasteiger partial charge in [-0.2, -0.15) is 0 Å². The van der Waals surface area contributed by atoms with E-state index < -0.39 is 0 Å². The number of rotatable bonds is 6. The number of carbonyl (C=O) groups excluding carboxylic acids is 2. The minimum absolute atomic E-state index is 0.0178. The molecule has 33 heavy (non-hydrogen) atoms. The first-order valence-electron chi connectivity index (χ1n) is 10.9. The Morgan fingerprint density at radius 3 is 2.61 bits per heavy atom. The van der Waals surface area contributed by atoms with Crippen molar-refractivity contribution in [3.8, 4) is 0 Å². The predicted molar refractivity (Wildman–Crippen MR) is 130 cm³/mol. The molecule has 1 N–H and O–H groups in total. The number of aromatic nitrogens is 2. The third-order valence-corrected chi connectivity index (χ3v) is 6.80. The van der Waals surface area contributed by atoms with Crippen molar-refractivity contribution >= 4 is 46.0 Å². The van der Waals surface area contributed by atoms with Crippen LogP contribution in [0.2, 0.25) is 0 Å². The van der Waals surface area contributed by atoms with Crippen molar-refractivity contribution in [1.82, 2.24) is 19.4 Å². The molecule has 2 aliphatic heterocycles. The summed E-state index contributed by atoms with van der Waals surface area (Å²) in [5, 5.41) is 9.30. The van der Waals surface area contributed by atoms with Crippen LogP contribution in [-0.4, -0.2) is 68.5 Å². The standard InChI is InChI=1S/C24H25N5O3S/c1-17-6-8-18(9-7-17)14-21-22(31)28(24(32)33-21)11-10-26-15-27(12-13-30)23-25-19-4-2-3-5-20(19)29(23)16-26/h2-9,14,30H,10-13,15-16H2,1H3/b21-14+. The number of nitrogens with zero attached hydrogens (tertiary/aromatic N) is 5. The molecule has 0 unspecified atom stereocenters. The van der Waals surface area contributed by atoms with Gasteiger partial charge in [0.2, 0.25) is 5.95 Å². The lowest BCUT2D eigenvalue weighted by Gasteiger charge is -2.37. The van der Waals surface area contributed by atoms with Crippen molar-refractivity contribution in [1.29, 1.82) is 0 Å².